The summed E-state index contributed by atoms with van der Waals surface area (Å²) in [6.45, 7) is 36.7. The van der Waals surface area contributed by atoms with Gasteiger partial charge >= 0.3 is 0 Å². The van der Waals surface area contributed by atoms with Crippen LogP contribution in [-0.2, 0) is 44.8 Å². The topological polar surface area (TPSA) is 474 Å². The minimum atomic E-state index is -0.178. The number of nitrogens with zero attached hydrogens (tertiary/aromatic N) is 11. The number of hydrogen-bond donors (Lipinski definition) is 15. The summed E-state index contributed by atoms with van der Waals surface area (Å²) in [5.41, 5.74) is 9.13. The van der Waals surface area contributed by atoms with Gasteiger partial charge in [-0.25, -0.2) is 15.0 Å². The first-order valence-corrected chi connectivity index (χ1v) is 46.6. The Morgan fingerprint density at radius 2 is 0.681 bits per heavy atom. The highest BCUT2D eigenvalue weighted by molar-refractivity contribution is 6.16. The molecule has 10 heterocycles. The number of amidine groups is 7. The molecule has 15 N–H and O–H groups in total. The predicted molar refractivity (Wildman–Crippen MR) is 553 cm³/mol. The molecule has 8 amide bonds. The Kier molecular flexibility index (Phi) is 44.1. The van der Waals surface area contributed by atoms with Crippen molar-refractivity contribution in [3.8, 4) is 11.5 Å². The number of carbonyl (C=O) groups is 8. The number of hydrogen-bond acceptors (Lipinski definition) is 28. The van der Waals surface area contributed by atoms with Crippen molar-refractivity contribution in [3.05, 3.63) is 221 Å². The van der Waals surface area contributed by atoms with E-state index in [2.05, 4.69) is 148 Å². The summed E-state index contributed by atoms with van der Waals surface area (Å²) in [6, 6.07) is 34.7. The first kappa shape index (κ1) is 108. The number of aryl methyl sites for hydroxylation is 2. The number of aromatic nitrogens is 4. The van der Waals surface area contributed by atoms with Crippen molar-refractivity contribution < 1.29 is 47.8 Å². The molecule has 1 saturated carbocycles. The molecule has 3 aromatic heterocycles. The third-order valence-electron chi connectivity index (χ3n) is 19.9. The van der Waals surface area contributed by atoms with E-state index in [0.29, 0.717) is 162 Å². The van der Waals surface area contributed by atoms with Gasteiger partial charge in [0.1, 0.15) is 69.8 Å². The number of nitrogens with one attached hydrogen (secondary N) is 15. The Bertz CT molecular complexity index is 5630. The van der Waals surface area contributed by atoms with E-state index in [4.69, 9.17) is 9.47 Å². The number of para-hydroxylation sites is 2. The van der Waals surface area contributed by atoms with Crippen LogP contribution in [0.5, 0.6) is 11.5 Å². The molecule has 8 aliphatic rings. The average Bonchev–Trinajstić information content (AvgIpc) is 1.74. The van der Waals surface area contributed by atoms with Gasteiger partial charge in [0.25, 0.3) is 35.4 Å². The van der Waals surface area contributed by atoms with Gasteiger partial charge in [-0.1, -0.05) is 50.8 Å². The van der Waals surface area contributed by atoms with Gasteiger partial charge in [-0.3, -0.25) is 78.3 Å². The molecule has 0 saturated heterocycles. The molecular weight excluding hydrogens is 1750 g/mol. The van der Waals surface area contributed by atoms with Gasteiger partial charge in [0.2, 0.25) is 11.8 Å². The van der Waals surface area contributed by atoms with Crippen molar-refractivity contribution in [2.45, 2.75) is 211 Å². The predicted octanol–water partition coefficient (Wildman–Crippen LogP) is 12.4. The summed E-state index contributed by atoms with van der Waals surface area (Å²) in [6.07, 6.45) is 25.7. The van der Waals surface area contributed by atoms with E-state index in [-0.39, 0.29) is 53.3 Å². The van der Waals surface area contributed by atoms with Crippen molar-refractivity contribution in [1.82, 2.24) is 62.5 Å². The van der Waals surface area contributed by atoms with Crippen molar-refractivity contribution in [2.24, 2.45) is 34.9 Å². The number of ether oxygens (including phenoxy) is 2. The molecule has 0 bridgehead atoms. The molecule has 14 rings (SSSR count). The Balaban J connectivity index is 0.000000198. The van der Waals surface area contributed by atoms with Gasteiger partial charge in [-0.05, 0) is 257 Å². The molecule has 138 heavy (non-hydrogen) atoms. The molecule has 3 aromatic carbocycles. The average molecular weight is 1890 g/mol. The molecule has 36 nitrogen and oxygen atoms in total. The fraction of sp³-hybridized carbons (Fsp3) is 0.402. The van der Waals surface area contributed by atoms with Crippen molar-refractivity contribution in [1.29, 1.82) is 0 Å². The Morgan fingerprint density at radius 1 is 0.341 bits per heavy atom. The first-order valence-electron chi connectivity index (χ1n) is 46.6. The van der Waals surface area contributed by atoms with Crippen LogP contribution in [0.4, 0.5) is 40.1 Å². The summed E-state index contributed by atoms with van der Waals surface area (Å²) >= 11 is 0. The SMILES string of the molecule is CC(=O)Nc1ccc(NC(=O)C2=CC(NC(C)C)=NC2)cc1.CC(C)NC1=NCC(C(=O)NC2CCCCCC2)=C1.CC(C)NC1=NCC(C(=O)Nc2ccccn2)=C1.CCc1cc(NC(=O)C2=CC(NC(C)C)=NC2)ccn1.COc1ccc(NC(=O)C2=CC(NC(C)C)=NC2)cc1.COc1ccccc1NC(=O)C1=CC(NC(C)C)=NC1.Cc1nccc(NC(=O)C2=CC(NC(C)C)=NC2)n1. The lowest BCUT2D eigenvalue weighted by Gasteiger charge is -2.16. The van der Waals surface area contributed by atoms with Crippen LogP contribution < -0.4 is 89.2 Å². The first-order chi connectivity index (χ1) is 66.0. The monoisotopic (exact) mass is 1890 g/mol. The van der Waals surface area contributed by atoms with Gasteiger partial charge in [0.15, 0.2) is 0 Å². The zero-order valence-electron chi connectivity index (χ0n) is 82.7. The zero-order chi connectivity index (χ0) is 100. The molecule has 0 atom stereocenters. The fourth-order valence-corrected chi connectivity index (χ4v) is 13.5. The maximum Gasteiger partial charge on any atom is 0.254 e. The highest BCUT2D eigenvalue weighted by Gasteiger charge is 2.26. The number of methoxy groups -OCH3 is 2. The Morgan fingerprint density at radius 3 is 1.04 bits per heavy atom. The summed E-state index contributed by atoms with van der Waals surface area (Å²) in [7, 11) is 3.19. The maximum absolute atomic E-state index is 12.2. The summed E-state index contributed by atoms with van der Waals surface area (Å²) in [5, 5.41) is 45.0. The highest BCUT2D eigenvalue weighted by atomic mass is 16.5. The second-order valence-electron chi connectivity index (χ2n) is 34.9. The smallest absolute Gasteiger partial charge is 0.254 e. The van der Waals surface area contributed by atoms with Crippen LogP contribution in [0.2, 0.25) is 0 Å². The maximum atomic E-state index is 12.2. The summed E-state index contributed by atoms with van der Waals surface area (Å²) in [4.78, 5) is 142. The van der Waals surface area contributed by atoms with Crippen LogP contribution in [0.1, 0.15) is 161 Å². The second kappa shape index (κ2) is 56.3. The van der Waals surface area contributed by atoms with Gasteiger partial charge < -0.3 is 89.2 Å². The molecule has 1 aliphatic carbocycles. The lowest BCUT2D eigenvalue weighted by atomic mass is 10.1. The molecule has 0 radical (unpaired) electrons. The van der Waals surface area contributed by atoms with E-state index in [0.717, 1.165) is 88.5 Å². The van der Waals surface area contributed by atoms with Crippen LogP contribution in [-0.4, -0.2) is 216 Å². The third-order valence-corrected chi connectivity index (χ3v) is 19.9. The zero-order valence-corrected chi connectivity index (χ0v) is 82.7. The molecule has 6 aromatic rings. The van der Waals surface area contributed by atoms with Gasteiger partial charge in [0, 0.05) is 141 Å². The van der Waals surface area contributed by atoms with Crippen LogP contribution >= 0.6 is 0 Å². The number of benzene rings is 3. The van der Waals surface area contributed by atoms with Gasteiger partial charge in [-0.15, -0.1) is 0 Å². The quantitative estimate of drug-likeness (QED) is 0.0237. The molecular formula is C102H136N26O10. The van der Waals surface area contributed by atoms with Gasteiger partial charge in [0.05, 0.1) is 65.7 Å². The fourth-order valence-electron chi connectivity index (χ4n) is 13.5. The van der Waals surface area contributed by atoms with Crippen molar-refractivity contribution in [2.75, 3.05) is 97.3 Å². The van der Waals surface area contributed by atoms with Crippen LogP contribution in [0.15, 0.2) is 244 Å². The number of rotatable bonds is 25. The lowest BCUT2D eigenvalue weighted by molar-refractivity contribution is -0.118. The van der Waals surface area contributed by atoms with Gasteiger partial charge in [-0.2, -0.15) is 0 Å². The Hall–Kier alpha value is -15.1. The number of pyridine rings is 2. The standard InChI is InChI=1S/C16H20N4O2.C15H20N4O.2C15H19N3O2.C15H25N3O.C13H17N5O.C13H16N4O/c1-10(2)18-15-8-12(9-17-15)16(22)20-14-6-4-13(5-7-14)19-11(3)21;1-4-12-8-13(5-6-16-12)19-15(20)11-7-14(17-9-11)18-10(2)3;1-10(2)17-14-8-11(9-16-14)15(19)18-12-4-6-13(20-3)7-5-12;1-10(2)17-14-8-11(9-16-14)15(19)18-12-6-4-5-7-13(12)20-3;1-11(2)17-14-9-12(10-16-14)15(19)18-13-7-5-3-4-6-8-13;1-8(2)16-12-6-10(7-15-12)13(19)18-11-4-5-14-9(3)17-11;1-9(2)16-12-7-10(8-15-12)13(18)17-11-5-3-4-6-14-11/h4-8,10H,9H2,1-3H3,(H,17,18)(H,19,21)(H,20,22);5-8,10H,4,9H2,1-3H3,(H,17,18)(H,16,19,20);2*4-8,10H,9H2,1-3H3,(H,16,17)(H,18,19);9,11,13H,3-8,10H2,1-2H3,(H,16,17)(H,18,19);4-6,8H,7H2,1-3H3,(H,15,16)(H,14,17,18,19);3-7,9H,8H2,1-2H3,(H,15,16)(H,14,17,18). The number of anilines is 7. The van der Waals surface area contributed by atoms with E-state index in [1.807, 2.05) is 120 Å². The second-order valence-corrected chi connectivity index (χ2v) is 34.9. The highest BCUT2D eigenvalue weighted by Crippen LogP contribution is 2.26. The largest absolute Gasteiger partial charge is 0.497 e. The number of amides is 8. The van der Waals surface area contributed by atoms with Crippen LogP contribution in [0.3, 0.4) is 0 Å². The normalized spacial score (nSPS) is 14.8. The molecule has 734 valence electrons. The molecule has 36 heteroatoms. The van der Waals surface area contributed by atoms with E-state index < -0.39 is 0 Å². The number of aliphatic imine (C=N–C) groups is 7. The summed E-state index contributed by atoms with van der Waals surface area (Å²) in [5.74, 6) is 7.49. The minimum Gasteiger partial charge on any atom is -0.497 e. The Labute approximate surface area is 809 Å². The number of carbonyl (C=O) groups excluding carboxylic acids is 8. The summed E-state index contributed by atoms with van der Waals surface area (Å²) < 4.78 is 10.3. The van der Waals surface area contributed by atoms with E-state index in [1.54, 1.807) is 161 Å². The lowest BCUT2D eigenvalue weighted by Crippen LogP contribution is -2.35. The minimum absolute atomic E-state index is 0.0659. The molecule has 7 aliphatic heterocycles. The van der Waals surface area contributed by atoms with Crippen molar-refractivity contribution in [3.63, 3.8) is 0 Å². The van der Waals surface area contributed by atoms with E-state index in [1.165, 1.54) is 32.6 Å². The van der Waals surface area contributed by atoms with E-state index in [9.17, 15) is 38.4 Å². The third kappa shape index (κ3) is 39.4. The molecule has 1 fully saturated rings. The molecule has 0 spiro atoms. The van der Waals surface area contributed by atoms with Crippen LogP contribution in [0.25, 0.3) is 0 Å². The van der Waals surface area contributed by atoms with E-state index >= 15 is 0 Å². The van der Waals surface area contributed by atoms with Crippen LogP contribution in [0, 0.1) is 6.92 Å². The van der Waals surface area contributed by atoms with Crippen molar-refractivity contribution >= 4 is 128 Å². The molecule has 0 unspecified atom stereocenters.